The van der Waals surface area contributed by atoms with Gasteiger partial charge >= 0.3 is 12.1 Å². The zero-order valence-corrected chi connectivity index (χ0v) is 17.4. The van der Waals surface area contributed by atoms with Gasteiger partial charge in [0.15, 0.2) is 0 Å². The first-order valence-corrected chi connectivity index (χ1v) is 10.3. The van der Waals surface area contributed by atoms with Gasteiger partial charge in [0, 0.05) is 25.7 Å². The summed E-state index contributed by atoms with van der Waals surface area (Å²) >= 11 is 0. The van der Waals surface area contributed by atoms with E-state index in [1.165, 1.54) is 4.90 Å². The standard InChI is InChI=1S/C22H24F2N4O4/c23-17-6-7-19(18(24)12-17)26-21(30)28-9-11-32-22(15-28)14-27(8-10-31-22)20(29)25-13-16-4-2-1-3-5-16/h1-7,12H,8-11,13-15H2,(H,25,29)(H,26,30). The molecule has 1 spiro atoms. The number of carbonyl (C=O) groups excluding carboxylic acids is 2. The molecule has 0 aliphatic carbocycles. The minimum Gasteiger partial charge on any atom is -0.345 e. The summed E-state index contributed by atoms with van der Waals surface area (Å²) in [7, 11) is 0. The van der Waals surface area contributed by atoms with Gasteiger partial charge in [0.2, 0.25) is 5.79 Å². The topological polar surface area (TPSA) is 83.1 Å². The summed E-state index contributed by atoms with van der Waals surface area (Å²) < 4.78 is 38.6. The highest BCUT2D eigenvalue weighted by molar-refractivity contribution is 5.89. The number of ether oxygens (including phenoxy) is 2. The molecule has 0 aromatic heterocycles. The average molecular weight is 446 g/mol. The van der Waals surface area contributed by atoms with Gasteiger partial charge < -0.3 is 29.9 Å². The molecule has 0 bridgehead atoms. The lowest BCUT2D eigenvalue weighted by Crippen LogP contribution is -2.64. The number of hydrogen-bond donors (Lipinski definition) is 2. The van der Waals surface area contributed by atoms with Crippen LogP contribution in [0.15, 0.2) is 48.5 Å². The number of morpholine rings is 2. The summed E-state index contributed by atoms with van der Waals surface area (Å²) in [5.74, 6) is -2.76. The third-order valence-corrected chi connectivity index (χ3v) is 5.35. The minimum atomic E-state index is -1.17. The number of rotatable bonds is 3. The van der Waals surface area contributed by atoms with E-state index in [0.29, 0.717) is 19.2 Å². The maximum Gasteiger partial charge on any atom is 0.322 e. The first kappa shape index (κ1) is 22.0. The summed E-state index contributed by atoms with van der Waals surface area (Å²) in [4.78, 5) is 28.3. The monoisotopic (exact) mass is 446 g/mol. The number of amides is 4. The highest BCUT2D eigenvalue weighted by Crippen LogP contribution is 2.25. The zero-order valence-electron chi connectivity index (χ0n) is 17.4. The van der Waals surface area contributed by atoms with E-state index in [2.05, 4.69) is 10.6 Å². The van der Waals surface area contributed by atoms with E-state index in [0.717, 1.165) is 17.7 Å². The van der Waals surface area contributed by atoms with E-state index < -0.39 is 23.5 Å². The van der Waals surface area contributed by atoms with Crippen LogP contribution in [0.4, 0.5) is 24.1 Å². The highest BCUT2D eigenvalue weighted by atomic mass is 19.1. The van der Waals surface area contributed by atoms with Crippen LogP contribution in [0.5, 0.6) is 0 Å². The molecule has 1 unspecified atom stereocenters. The van der Waals surface area contributed by atoms with Gasteiger partial charge in [-0.25, -0.2) is 18.4 Å². The lowest BCUT2D eigenvalue weighted by molar-refractivity contribution is -0.281. The number of hydrogen-bond acceptors (Lipinski definition) is 4. The van der Waals surface area contributed by atoms with Crippen LogP contribution < -0.4 is 10.6 Å². The molecule has 1 atom stereocenters. The van der Waals surface area contributed by atoms with Crippen molar-refractivity contribution in [3.05, 3.63) is 65.7 Å². The summed E-state index contributed by atoms with van der Waals surface area (Å²) in [5.41, 5.74) is 0.858. The van der Waals surface area contributed by atoms with Crippen LogP contribution in [0.1, 0.15) is 5.56 Å². The van der Waals surface area contributed by atoms with Crippen LogP contribution in [0, 0.1) is 11.6 Å². The van der Waals surface area contributed by atoms with Crippen LogP contribution in [0.25, 0.3) is 0 Å². The first-order chi connectivity index (χ1) is 15.4. The third kappa shape index (κ3) is 5.14. The van der Waals surface area contributed by atoms with Crippen molar-refractivity contribution in [2.45, 2.75) is 12.3 Å². The van der Waals surface area contributed by atoms with E-state index in [1.54, 1.807) is 4.90 Å². The molecule has 4 amide bonds. The Balaban J connectivity index is 1.36. The van der Waals surface area contributed by atoms with Crippen LogP contribution in [0.2, 0.25) is 0 Å². The second-order valence-corrected chi connectivity index (χ2v) is 7.65. The summed E-state index contributed by atoms with van der Waals surface area (Å²) in [6, 6.07) is 11.7. The molecular weight excluding hydrogens is 422 g/mol. The van der Waals surface area contributed by atoms with Gasteiger partial charge in [-0.2, -0.15) is 0 Å². The molecule has 2 aromatic rings. The largest absolute Gasteiger partial charge is 0.345 e. The summed E-state index contributed by atoms with van der Waals surface area (Å²) in [6.45, 7) is 1.69. The Morgan fingerprint density at radius 1 is 0.938 bits per heavy atom. The number of benzene rings is 2. The van der Waals surface area contributed by atoms with Crippen molar-refractivity contribution >= 4 is 17.7 Å². The molecule has 2 heterocycles. The van der Waals surface area contributed by atoms with E-state index in [4.69, 9.17) is 9.47 Å². The molecule has 2 fully saturated rings. The number of halogens is 2. The maximum atomic E-state index is 13.9. The zero-order chi connectivity index (χ0) is 22.6. The SMILES string of the molecule is O=C(NCc1ccccc1)N1CCOC2(C1)CN(C(=O)Nc1ccc(F)cc1F)CCO2. The van der Waals surface area contributed by atoms with Gasteiger partial charge in [0.1, 0.15) is 11.6 Å². The number of nitrogens with one attached hydrogen (secondary N) is 2. The predicted molar refractivity (Wildman–Crippen MR) is 112 cm³/mol. The van der Waals surface area contributed by atoms with Gasteiger partial charge in [0.25, 0.3) is 0 Å². The van der Waals surface area contributed by atoms with Crippen molar-refractivity contribution in [3.63, 3.8) is 0 Å². The van der Waals surface area contributed by atoms with Crippen molar-refractivity contribution in [2.24, 2.45) is 0 Å². The molecule has 170 valence electrons. The van der Waals surface area contributed by atoms with Gasteiger partial charge in [-0.15, -0.1) is 0 Å². The Morgan fingerprint density at radius 2 is 1.59 bits per heavy atom. The minimum absolute atomic E-state index is 0.0596. The number of carbonyl (C=O) groups is 2. The smallest absolute Gasteiger partial charge is 0.322 e. The molecule has 32 heavy (non-hydrogen) atoms. The molecule has 2 aliphatic heterocycles. The Labute approximate surface area is 184 Å². The Bertz CT molecular complexity index is 974. The van der Waals surface area contributed by atoms with E-state index in [9.17, 15) is 18.4 Å². The van der Waals surface area contributed by atoms with Gasteiger partial charge in [-0.05, 0) is 17.7 Å². The molecule has 2 N–H and O–H groups in total. The highest BCUT2D eigenvalue weighted by Gasteiger charge is 2.44. The van der Waals surface area contributed by atoms with E-state index in [1.807, 2.05) is 30.3 Å². The average Bonchev–Trinajstić information content (AvgIpc) is 2.80. The second kappa shape index (κ2) is 9.49. The van der Waals surface area contributed by atoms with Crippen molar-refractivity contribution in [3.8, 4) is 0 Å². The summed E-state index contributed by atoms with van der Waals surface area (Å²) in [5, 5.41) is 5.32. The van der Waals surface area contributed by atoms with Crippen LogP contribution in [-0.4, -0.2) is 67.0 Å². The van der Waals surface area contributed by atoms with Gasteiger partial charge in [0.05, 0.1) is 32.0 Å². The van der Waals surface area contributed by atoms with E-state index >= 15 is 0 Å². The van der Waals surface area contributed by atoms with Gasteiger partial charge in [-0.1, -0.05) is 30.3 Å². The first-order valence-electron chi connectivity index (χ1n) is 10.3. The number of urea groups is 2. The molecule has 0 saturated carbocycles. The lowest BCUT2D eigenvalue weighted by Gasteiger charge is -2.47. The maximum absolute atomic E-state index is 13.9. The fraction of sp³-hybridized carbons (Fsp3) is 0.364. The van der Waals surface area contributed by atoms with Gasteiger partial charge in [-0.3, -0.25) is 0 Å². The summed E-state index contributed by atoms with van der Waals surface area (Å²) in [6.07, 6.45) is 0. The molecule has 2 aromatic carbocycles. The van der Waals surface area contributed by atoms with E-state index in [-0.39, 0.29) is 44.6 Å². The van der Waals surface area contributed by atoms with Crippen molar-refractivity contribution in [1.29, 1.82) is 0 Å². The molecule has 10 heteroatoms. The second-order valence-electron chi connectivity index (χ2n) is 7.65. The number of nitrogens with zero attached hydrogens (tertiary/aromatic N) is 2. The normalized spacial score (nSPS) is 20.8. The van der Waals surface area contributed by atoms with Crippen molar-refractivity contribution in [1.82, 2.24) is 15.1 Å². The molecule has 0 radical (unpaired) electrons. The Kier molecular flexibility index (Phi) is 6.52. The number of anilines is 1. The van der Waals surface area contributed by atoms with Crippen molar-refractivity contribution < 1.29 is 27.8 Å². The Morgan fingerprint density at radius 3 is 2.25 bits per heavy atom. The fourth-order valence-corrected chi connectivity index (χ4v) is 3.71. The lowest BCUT2D eigenvalue weighted by atomic mass is 10.1. The Hall–Kier alpha value is -3.24. The molecule has 8 nitrogen and oxygen atoms in total. The van der Waals surface area contributed by atoms with Crippen LogP contribution >= 0.6 is 0 Å². The predicted octanol–water partition coefficient (Wildman–Crippen LogP) is 2.77. The molecule has 2 aliphatic rings. The van der Waals surface area contributed by atoms with Crippen LogP contribution in [-0.2, 0) is 16.0 Å². The molecule has 2 saturated heterocycles. The quantitative estimate of drug-likeness (QED) is 0.760. The van der Waals surface area contributed by atoms with Crippen molar-refractivity contribution in [2.75, 3.05) is 44.7 Å². The molecule has 4 rings (SSSR count). The van der Waals surface area contributed by atoms with Crippen LogP contribution in [0.3, 0.4) is 0 Å². The molecular formula is C22H24F2N4O4. The third-order valence-electron chi connectivity index (χ3n) is 5.35. The fourth-order valence-electron chi connectivity index (χ4n) is 3.71.